The molecule has 3 rings (SSSR count). The molecule has 0 spiro atoms. The van der Waals surface area contributed by atoms with Gasteiger partial charge in [-0.2, -0.15) is 0 Å². The van der Waals surface area contributed by atoms with Gasteiger partial charge in [-0.3, -0.25) is 0 Å². The molecule has 1 heterocycles. The van der Waals surface area contributed by atoms with Crippen LogP contribution in [0.4, 0.5) is 0 Å². The van der Waals surface area contributed by atoms with Gasteiger partial charge in [0.05, 0.1) is 5.60 Å². The van der Waals surface area contributed by atoms with Crippen molar-refractivity contribution in [2.75, 3.05) is 0 Å². The number of aliphatic hydroxyl groups is 1. The van der Waals surface area contributed by atoms with Gasteiger partial charge in [-0.1, -0.05) is 74.5 Å². The lowest BCUT2D eigenvalue weighted by Crippen LogP contribution is -2.56. The maximum Gasteiger partial charge on any atom is 0.0706 e. The van der Waals surface area contributed by atoms with Crippen LogP contribution in [0, 0.1) is 11.8 Å². The monoisotopic (exact) mass is 295 g/mol. The van der Waals surface area contributed by atoms with Crippen LogP contribution in [0.5, 0.6) is 0 Å². The molecule has 22 heavy (non-hydrogen) atoms. The maximum atomic E-state index is 11.1. The second-order valence-electron chi connectivity index (χ2n) is 6.75. The highest BCUT2D eigenvalue weighted by Gasteiger charge is 2.48. The van der Waals surface area contributed by atoms with Gasteiger partial charge in [0.15, 0.2) is 0 Å². The molecular weight excluding hydrogens is 270 g/mol. The molecule has 0 aromatic heterocycles. The normalized spacial score (nSPS) is 35.3. The van der Waals surface area contributed by atoms with Crippen molar-refractivity contribution in [2.24, 2.45) is 11.8 Å². The largest absolute Gasteiger partial charge is 0.389 e. The summed E-state index contributed by atoms with van der Waals surface area (Å²) in [5, 5.41) is 14.9. The molecule has 2 aromatic rings. The summed E-state index contributed by atoms with van der Waals surface area (Å²) in [6.45, 7) is 6.26. The molecule has 0 unspecified atom stereocenters. The standard InChI is InChI=1S/C20H25NO/c1-14-18(16-10-6-4-7-11-16)21-19(15(2)20(14,3)22)17-12-8-5-9-13-17/h4-15,18-19,21-22H,1-3H3/t14-,15-,18-,19-/m1/s1. The van der Waals surface area contributed by atoms with E-state index in [0.717, 1.165) is 0 Å². The summed E-state index contributed by atoms with van der Waals surface area (Å²) in [5.41, 5.74) is 1.76. The summed E-state index contributed by atoms with van der Waals surface area (Å²) in [5.74, 6) is 0.287. The van der Waals surface area contributed by atoms with Gasteiger partial charge in [-0.05, 0) is 18.1 Å². The number of benzene rings is 2. The zero-order chi connectivity index (χ0) is 15.7. The van der Waals surface area contributed by atoms with Gasteiger partial charge in [0.2, 0.25) is 0 Å². The Hall–Kier alpha value is -1.64. The second kappa shape index (κ2) is 5.86. The van der Waals surface area contributed by atoms with Crippen molar-refractivity contribution < 1.29 is 5.11 Å². The third-order valence-corrected chi connectivity index (χ3v) is 5.52. The molecule has 2 nitrogen and oxygen atoms in total. The zero-order valence-electron chi connectivity index (χ0n) is 13.5. The zero-order valence-corrected chi connectivity index (χ0v) is 13.5. The summed E-state index contributed by atoms with van der Waals surface area (Å²) in [4.78, 5) is 0. The Morgan fingerprint density at radius 3 is 1.50 bits per heavy atom. The van der Waals surface area contributed by atoms with Crippen LogP contribution in [0.25, 0.3) is 0 Å². The molecule has 2 N–H and O–H groups in total. The summed E-state index contributed by atoms with van der Waals surface area (Å²) < 4.78 is 0. The Morgan fingerprint density at radius 2 is 1.14 bits per heavy atom. The third kappa shape index (κ3) is 2.57. The van der Waals surface area contributed by atoms with Crippen LogP contribution < -0.4 is 5.32 Å². The predicted molar refractivity (Wildman–Crippen MR) is 90.5 cm³/mol. The first-order valence-corrected chi connectivity index (χ1v) is 8.10. The van der Waals surface area contributed by atoms with Gasteiger partial charge >= 0.3 is 0 Å². The van der Waals surface area contributed by atoms with Gasteiger partial charge < -0.3 is 10.4 Å². The van der Waals surface area contributed by atoms with Crippen molar-refractivity contribution in [1.82, 2.24) is 5.32 Å². The molecule has 0 radical (unpaired) electrons. The maximum absolute atomic E-state index is 11.1. The molecule has 0 saturated carbocycles. The number of hydrogen-bond acceptors (Lipinski definition) is 2. The Balaban J connectivity index is 1.99. The second-order valence-corrected chi connectivity index (χ2v) is 6.75. The molecule has 1 aliphatic heterocycles. The minimum atomic E-state index is -0.716. The first-order chi connectivity index (χ1) is 10.5. The molecular formula is C20H25NO. The fraction of sp³-hybridized carbons (Fsp3) is 0.400. The van der Waals surface area contributed by atoms with E-state index in [-0.39, 0.29) is 23.9 Å². The Morgan fingerprint density at radius 1 is 0.773 bits per heavy atom. The summed E-state index contributed by atoms with van der Waals surface area (Å²) in [6.07, 6.45) is 0. The molecule has 0 aliphatic carbocycles. The lowest BCUT2D eigenvalue weighted by molar-refractivity contribution is -0.0960. The van der Waals surface area contributed by atoms with Crippen LogP contribution in [0.3, 0.4) is 0 Å². The van der Waals surface area contributed by atoms with Crippen molar-refractivity contribution in [3.05, 3.63) is 71.8 Å². The van der Waals surface area contributed by atoms with E-state index in [0.29, 0.717) is 0 Å². The van der Waals surface area contributed by atoms with Gasteiger partial charge in [-0.15, -0.1) is 0 Å². The van der Waals surface area contributed by atoms with Crippen LogP contribution in [-0.4, -0.2) is 10.7 Å². The lowest BCUT2D eigenvalue weighted by Gasteiger charge is -2.50. The predicted octanol–water partition coefficient (Wildman–Crippen LogP) is 4.10. The van der Waals surface area contributed by atoms with Crippen LogP contribution in [0.2, 0.25) is 0 Å². The van der Waals surface area contributed by atoms with Crippen LogP contribution >= 0.6 is 0 Å². The highest BCUT2D eigenvalue weighted by atomic mass is 16.3. The highest BCUT2D eigenvalue weighted by Crippen LogP contribution is 2.46. The minimum absolute atomic E-state index is 0.143. The Kier molecular flexibility index (Phi) is 4.07. The fourth-order valence-corrected chi connectivity index (χ4v) is 3.66. The fourth-order valence-electron chi connectivity index (χ4n) is 3.66. The number of piperidine rings is 1. The topological polar surface area (TPSA) is 32.3 Å². The van der Waals surface area contributed by atoms with Crippen molar-refractivity contribution >= 4 is 0 Å². The molecule has 1 aliphatic rings. The average molecular weight is 295 g/mol. The van der Waals surface area contributed by atoms with Gasteiger partial charge in [0, 0.05) is 23.9 Å². The number of hydrogen-bond donors (Lipinski definition) is 2. The van der Waals surface area contributed by atoms with E-state index >= 15 is 0 Å². The molecule has 1 saturated heterocycles. The van der Waals surface area contributed by atoms with E-state index in [1.165, 1.54) is 11.1 Å². The molecule has 2 aromatic carbocycles. The molecule has 2 heteroatoms. The summed E-state index contributed by atoms with van der Waals surface area (Å²) >= 11 is 0. The Bertz CT molecular complexity index is 555. The van der Waals surface area contributed by atoms with E-state index in [1.807, 2.05) is 19.1 Å². The van der Waals surface area contributed by atoms with Crippen LogP contribution in [-0.2, 0) is 0 Å². The highest BCUT2D eigenvalue weighted by molar-refractivity contribution is 5.27. The van der Waals surface area contributed by atoms with Crippen LogP contribution in [0.15, 0.2) is 60.7 Å². The minimum Gasteiger partial charge on any atom is -0.389 e. The SMILES string of the molecule is C[C@@H]1[C@H](c2ccccc2)N[C@@H](c2ccccc2)[C@@H](C)C1(C)O. The van der Waals surface area contributed by atoms with E-state index < -0.39 is 5.60 Å². The van der Waals surface area contributed by atoms with E-state index in [1.54, 1.807) is 0 Å². The lowest BCUT2D eigenvalue weighted by atomic mass is 9.67. The molecule has 0 bridgehead atoms. The summed E-state index contributed by atoms with van der Waals surface area (Å²) in [6, 6.07) is 21.2. The van der Waals surface area contributed by atoms with Gasteiger partial charge in [0.1, 0.15) is 0 Å². The molecule has 116 valence electrons. The van der Waals surface area contributed by atoms with Crippen molar-refractivity contribution in [3.63, 3.8) is 0 Å². The first-order valence-electron chi connectivity index (χ1n) is 8.10. The van der Waals surface area contributed by atoms with Gasteiger partial charge in [0.25, 0.3) is 0 Å². The quantitative estimate of drug-likeness (QED) is 0.874. The first kappa shape index (κ1) is 15.3. The van der Waals surface area contributed by atoms with E-state index in [2.05, 4.69) is 67.7 Å². The van der Waals surface area contributed by atoms with Crippen molar-refractivity contribution in [1.29, 1.82) is 0 Å². The molecule has 1 fully saturated rings. The third-order valence-electron chi connectivity index (χ3n) is 5.52. The number of nitrogens with one attached hydrogen (secondary N) is 1. The number of rotatable bonds is 2. The van der Waals surface area contributed by atoms with Crippen molar-refractivity contribution in [3.8, 4) is 0 Å². The summed E-state index contributed by atoms with van der Waals surface area (Å²) in [7, 11) is 0. The molecule has 0 amide bonds. The molecule has 4 atom stereocenters. The average Bonchev–Trinajstić information content (AvgIpc) is 2.55. The van der Waals surface area contributed by atoms with E-state index in [4.69, 9.17) is 0 Å². The van der Waals surface area contributed by atoms with E-state index in [9.17, 15) is 5.11 Å². The van der Waals surface area contributed by atoms with Gasteiger partial charge in [-0.25, -0.2) is 0 Å². The van der Waals surface area contributed by atoms with Crippen LogP contribution in [0.1, 0.15) is 44.0 Å². The van der Waals surface area contributed by atoms with Crippen molar-refractivity contribution in [2.45, 2.75) is 38.5 Å². The smallest absolute Gasteiger partial charge is 0.0706 e. The Labute approximate surface area is 133 Å².